The van der Waals surface area contributed by atoms with E-state index in [-0.39, 0.29) is 0 Å². The van der Waals surface area contributed by atoms with Crippen LogP contribution in [0.4, 0.5) is 5.69 Å². The van der Waals surface area contributed by atoms with Gasteiger partial charge in [0, 0.05) is 0 Å². The highest BCUT2D eigenvalue weighted by Crippen LogP contribution is 2.28. The fourth-order valence-electron chi connectivity index (χ4n) is 1.74. The van der Waals surface area contributed by atoms with E-state index in [1.165, 1.54) is 0 Å². The smallest absolute Gasteiger partial charge is 0.161 e. The highest BCUT2D eigenvalue weighted by atomic mass is 35.5. The Morgan fingerprint density at radius 3 is 2.42 bits per heavy atom. The molecule has 0 aliphatic rings. The Balaban J connectivity index is 2.10. The van der Waals surface area contributed by atoms with Crippen molar-refractivity contribution in [3.8, 4) is 11.5 Å². The minimum Gasteiger partial charge on any atom is -0.493 e. The first-order valence-electron chi connectivity index (χ1n) is 5.87. The zero-order chi connectivity index (χ0) is 13.7. The van der Waals surface area contributed by atoms with E-state index < -0.39 is 0 Å². The molecule has 0 N–H and O–H groups in total. The Morgan fingerprint density at radius 1 is 1.00 bits per heavy atom. The Hall–Kier alpha value is -1.87. The molecule has 99 valence electrons. The summed E-state index contributed by atoms with van der Waals surface area (Å²) < 4.78 is 10.5. The van der Waals surface area contributed by atoms with Crippen LogP contribution in [0, 0.1) is 0 Å². The van der Waals surface area contributed by atoms with Gasteiger partial charge in [-0.3, -0.25) is 5.32 Å². The predicted octanol–water partition coefficient (Wildman–Crippen LogP) is 3.79. The number of hydrogen-bond acceptors (Lipinski definition) is 2. The molecule has 0 fully saturated rings. The molecule has 4 heteroatoms. The van der Waals surface area contributed by atoms with Gasteiger partial charge in [-0.2, -0.15) is 0 Å². The van der Waals surface area contributed by atoms with Gasteiger partial charge in [0.2, 0.25) is 0 Å². The standard InChI is InChI=1S/C15H15ClNO2/c1-18-14-8-7-11(9-15(14)19-2)10-17-13-6-4-3-5-12(13)16/h3-9H,10H2,1-2H3. The van der Waals surface area contributed by atoms with E-state index in [2.05, 4.69) is 5.32 Å². The molecule has 0 saturated heterocycles. The molecule has 2 rings (SSSR count). The molecule has 0 amide bonds. The average Bonchev–Trinajstić information content (AvgIpc) is 2.46. The summed E-state index contributed by atoms with van der Waals surface area (Å²) in [6.45, 7) is 0.546. The Bertz CT molecular complexity index is 558. The van der Waals surface area contributed by atoms with Crippen molar-refractivity contribution in [2.24, 2.45) is 0 Å². The summed E-state index contributed by atoms with van der Waals surface area (Å²) in [6, 6.07) is 13.3. The second kappa shape index (κ2) is 6.34. The Kier molecular flexibility index (Phi) is 4.53. The summed E-state index contributed by atoms with van der Waals surface area (Å²) in [5.74, 6) is 1.42. The summed E-state index contributed by atoms with van der Waals surface area (Å²) in [5.41, 5.74) is 1.83. The predicted molar refractivity (Wildman–Crippen MR) is 76.5 cm³/mol. The van der Waals surface area contributed by atoms with Crippen molar-refractivity contribution in [2.45, 2.75) is 6.54 Å². The van der Waals surface area contributed by atoms with Crippen molar-refractivity contribution < 1.29 is 9.47 Å². The van der Waals surface area contributed by atoms with Gasteiger partial charge in [0.05, 0.1) is 31.5 Å². The van der Waals surface area contributed by atoms with Crippen LogP contribution in [0.25, 0.3) is 0 Å². The molecule has 0 aliphatic heterocycles. The van der Waals surface area contributed by atoms with Gasteiger partial charge in [0.25, 0.3) is 0 Å². The van der Waals surface area contributed by atoms with Gasteiger partial charge in [-0.1, -0.05) is 29.8 Å². The van der Waals surface area contributed by atoms with Crippen molar-refractivity contribution in [2.75, 3.05) is 14.2 Å². The molecule has 0 aliphatic carbocycles. The van der Waals surface area contributed by atoms with Gasteiger partial charge in [-0.05, 0) is 29.8 Å². The molecule has 3 nitrogen and oxygen atoms in total. The van der Waals surface area contributed by atoms with Crippen LogP contribution in [-0.2, 0) is 6.54 Å². The Morgan fingerprint density at radius 2 is 1.74 bits per heavy atom. The third-order valence-electron chi connectivity index (χ3n) is 2.73. The first-order chi connectivity index (χ1) is 9.24. The fraction of sp³-hybridized carbons (Fsp3) is 0.200. The molecule has 0 atom stereocenters. The average molecular weight is 277 g/mol. The van der Waals surface area contributed by atoms with Gasteiger partial charge in [-0.15, -0.1) is 0 Å². The first kappa shape index (κ1) is 13.6. The number of hydrogen-bond donors (Lipinski definition) is 0. The largest absolute Gasteiger partial charge is 0.493 e. The van der Waals surface area contributed by atoms with Crippen molar-refractivity contribution >= 4 is 17.3 Å². The van der Waals surface area contributed by atoms with E-state index in [1.807, 2.05) is 42.5 Å². The Labute approximate surface area is 118 Å². The lowest BCUT2D eigenvalue weighted by Gasteiger charge is -2.10. The van der Waals surface area contributed by atoms with Crippen LogP contribution in [0.3, 0.4) is 0 Å². The molecule has 2 aromatic carbocycles. The van der Waals surface area contributed by atoms with E-state index in [0.717, 1.165) is 11.3 Å². The molecule has 0 heterocycles. The number of nitrogens with zero attached hydrogens (tertiary/aromatic N) is 1. The molecule has 0 spiro atoms. The lowest BCUT2D eigenvalue weighted by atomic mass is 10.2. The number of methoxy groups -OCH3 is 2. The van der Waals surface area contributed by atoms with E-state index in [4.69, 9.17) is 21.1 Å². The second-order valence-corrected chi connectivity index (χ2v) is 4.36. The molecule has 1 radical (unpaired) electrons. The third-order valence-corrected chi connectivity index (χ3v) is 3.05. The maximum atomic E-state index is 6.06. The maximum Gasteiger partial charge on any atom is 0.161 e. The van der Waals surface area contributed by atoms with Crippen molar-refractivity contribution in [3.63, 3.8) is 0 Å². The van der Waals surface area contributed by atoms with Gasteiger partial charge in [0.1, 0.15) is 0 Å². The minimum absolute atomic E-state index is 0.546. The van der Waals surface area contributed by atoms with E-state index in [0.29, 0.717) is 23.1 Å². The van der Waals surface area contributed by atoms with Crippen LogP contribution >= 0.6 is 11.6 Å². The topological polar surface area (TPSA) is 32.6 Å². The van der Waals surface area contributed by atoms with E-state index in [1.54, 1.807) is 14.2 Å². The number of ether oxygens (including phenoxy) is 2. The number of halogens is 1. The zero-order valence-electron chi connectivity index (χ0n) is 10.9. The van der Waals surface area contributed by atoms with Crippen LogP contribution in [-0.4, -0.2) is 14.2 Å². The monoisotopic (exact) mass is 276 g/mol. The summed E-state index contributed by atoms with van der Waals surface area (Å²) in [4.78, 5) is 0. The highest BCUT2D eigenvalue weighted by molar-refractivity contribution is 6.32. The van der Waals surface area contributed by atoms with E-state index >= 15 is 0 Å². The van der Waals surface area contributed by atoms with Gasteiger partial charge >= 0.3 is 0 Å². The summed E-state index contributed by atoms with van der Waals surface area (Å²) in [7, 11) is 3.23. The lowest BCUT2D eigenvalue weighted by molar-refractivity contribution is 0.354. The second-order valence-electron chi connectivity index (χ2n) is 3.96. The van der Waals surface area contributed by atoms with Crippen molar-refractivity contribution in [3.05, 3.63) is 53.1 Å². The molecule has 0 unspecified atom stereocenters. The summed E-state index contributed by atoms with van der Waals surface area (Å²) >= 11 is 6.06. The molecule has 0 saturated carbocycles. The first-order valence-corrected chi connectivity index (χ1v) is 6.25. The fourth-order valence-corrected chi connectivity index (χ4v) is 1.93. The van der Waals surface area contributed by atoms with Crippen LogP contribution in [0.15, 0.2) is 42.5 Å². The van der Waals surface area contributed by atoms with Crippen LogP contribution in [0.1, 0.15) is 5.56 Å². The maximum absolute atomic E-state index is 6.06. The molecular formula is C15H15ClNO2. The normalized spacial score (nSPS) is 10.1. The van der Waals surface area contributed by atoms with Crippen LogP contribution < -0.4 is 14.8 Å². The summed E-state index contributed by atoms with van der Waals surface area (Å²) in [5, 5.41) is 5.13. The molecule has 0 bridgehead atoms. The van der Waals surface area contributed by atoms with Crippen molar-refractivity contribution in [1.29, 1.82) is 0 Å². The minimum atomic E-state index is 0.546. The van der Waals surface area contributed by atoms with Gasteiger partial charge < -0.3 is 9.47 Å². The number of para-hydroxylation sites is 1. The third kappa shape index (κ3) is 3.32. The highest BCUT2D eigenvalue weighted by Gasteiger charge is 2.06. The SMILES string of the molecule is COc1ccc(C[N]c2ccccc2Cl)cc1OC. The van der Waals surface area contributed by atoms with Crippen LogP contribution in [0.5, 0.6) is 11.5 Å². The van der Waals surface area contributed by atoms with Gasteiger partial charge in [0.15, 0.2) is 11.5 Å². The van der Waals surface area contributed by atoms with E-state index in [9.17, 15) is 0 Å². The summed E-state index contributed by atoms with van der Waals surface area (Å²) in [6.07, 6.45) is 0. The van der Waals surface area contributed by atoms with Crippen molar-refractivity contribution in [1.82, 2.24) is 5.32 Å². The zero-order valence-corrected chi connectivity index (χ0v) is 11.6. The quantitative estimate of drug-likeness (QED) is 0.832. The number of benzene rings is 2. The molecule has 0 aromatic heterocycles. The molecular weight excluding hydrogens is 262 g/mol. The number of rotatable bonds is 5. The molecule has 19 heavy (non-hydrogen) atoms. The molecule has 2 aromatic rings. The van der Waals surface area contributed by atoms with Crippen LogP contribution in [0.2, 0.25) is 5.02 Å². The van der Waals surface area contributed by atoms with Gasteiger partial charge in [-0.25, -0.2) is 0 Å². The lowest BCUT2D eigenvalue weighted by Crippen LogP contribution is -2.00.